The minimum atomic E-state index is 0.453. The van der Waals surface area contributed by atoms with Crippen LogP contribution in [0, 0.1) is 17.3 Å². The monoisotopic (exact) mass is 222 g/mol. The highest BCUT2D eigenvalue weighted by atomic mass is 15.4. The zero-order chi connectivity index (χ0) is 11.8. The van der Waals surface area contributed by atoms with E-state index in [1.54, 1.807) is 0 Å². The Bertz CT molecular complexity index is 356. The largest absolute Gasteiger partial charge is 0.328 e. The fourth-order valence-corrected chi connectivity index (χ4v) is 4.97. The normalized spacial score (nSPS) is 51.7. The first-order valence-corrected chi connectivity index (χ1v) is 6.58. The summed E-state index contributed by atoms with van der Waals surface area (Å²) < 4.78 is 2.43. The van der Waals surface area contributed by atoms with Gasteiger partial charge in [0.1, 0.15) is 6.04 Å². The number of rotatable bonds is 0. The van der Waals surface area contributed by atoms with Gasteiger partial charge in [0.25, 0.3) is 0 Å². The van der Waals surface area contributed by atoms with Crippen LogP contribution in [0.4, 0.5) is 0 Å². The highest BCUT2D eigenvalue weighted by Crippen LogP contribution is 2.53. The third-order valence-corrected chi connectivity index (χ3v) is 5.43. The van der Waals surface area contributed by atoms with Crippen LogP contribution in [-0.2, 0) is 0 Å². The van der Waals surface area contributed by atoms with Crippen molar-refractivity contribution in [2.24, 2.45) is 17.3 Å². The van der Waals surface area contributed by atoms with Crippen LogP contribution in [0.2, 0.25) is 0 Å². The van der Waals surface area contributed by atoms with Gasteiger partial charge in [-0.3, -0.25) is 0 Å². The van der Waals surface area contributed by atoms with Crippen molar-refractivity contribution in [2.75, 3.05) is 47.8 Å². The lowest BCUT2D eigenvalue weighted by atomic mass is 9.61. The molecular weight excluding hydrogens is 196 g/mol. The van der Waals surface area contributed by atoms with Crippen LogP contribution in [-0.4, -0.2) is 62.8 Å². The Hall–Kier alpha value is -0.340. The average molecular weight is 222 g/mol. The number of nitrogens with zero attached hydrogens (tertiary/aromatic N) is 2. The Kier molecular flexibility index (Phi) is 1.84. The number of piperidine rings is 1. The molecule has 0 spiro atoms. The van der Waals surface area contributed by atoms with Gasteiger partial charge in [-0.05, 0) is 6.08 Å². The van der Waals surface area contributed by atoms with Crippen LogP contribution in [0.3, 0.4) is 0 Å². The van der Waals surface area contributed by atoms with Crippen LogP contribution in [0.1, 0.15) is 6.92 Å². The number of fused-ring (bicyclic) bond motifs is 1. The lowest BCUT2D eigenvalue weighted by molar-refractivity contribution is -0.929. The van der Waals surface area contributed by atoms with E-state index in [0.29, 0.717) is 5.41 Å². The summed E-state index contributed by atoms with van der Waals surface area (Å²) in [7, 11) is 9.64. The van der Waals surface area contributed by atoms with Gasteiger partial charge in [-0.2, -0.15) is 0 Å². The molecule has 2 nitrogen and oxygen atoms in total. The van der Waals surface area contributed by atoms with Crippen molar-refractivity contribution < 1.29 is 8.97 Å². The molecule has 0 aromatic heterocycles. The van der Waals surface area contributed by atoms with Crippen LogP contribution in [0.5, 0.6) is 0 Å². The summed E-state index contributed by atoms with van der Waals surface area (Å²) in [6, 6.07) is 0.770. The number of hydrogen-bond donors (Lipinski definition) is 0. The van der Waals surface area contributed by atoms with Crippen molar-refractivity contribution in [3.8, 4) is 0 Å². The predicted molar refractivity (Wildman–Crippen MR) is 66.8 cm³/mol. The van der Waals surface area contributed by atoms with Gasteiger partial charge in [-0.25, -0.2) is 0 Å². The summed E-state index contributed by atoms with van der Waals surface area (Å²) in [6.45, 7) is 6.57. The first kappa shape index (κ1) is 10.8. The Morgan fingerprint density at radius 3 is 2.44 bits per heavy atom. The SMILES string of the molecule is CC12C=CC(C3C[N+](C)(C)CC31)[N+](C)(C)C2. The number of quaternary nitrogens is 2. The molecule has 0 aromatic carbocycles. The van der Waals surface area contributed by atoms with Gasteiger partial charge in [-0.15, -0.1) is 0 Å². The molecule has 3 aliphatic heterocycles. The van der Waals surface area contributed by atoms with Crippen LogP contribution < -0.4 is 0 Å². The first-order chi connectivity index (χ1) is 7.24. The van der Waals surface area contributed by atoms with E-state index in [-0.39, 0.29) is 0 Å². The highest BCUT2D eigenvalue weighted by molar-refractivity contribution is 5.17. The minimum Gasteiger partial charge on any atom is -0.328 e. The van der Waals surface area contributed by atoms with Crippen molar-refractivity contribution in [3.63, 3.8) is 0 Å². The van der Waals surface area contributed by atoms with E-state index in [1.165, 1.54) is 28.6 Å². The lowest BCUT2D eigenvalue weighted by Gasteiger charge is -2.55. The van der Waals surface area contributed by atoms with Gasteiger partial charge in [-0.1, -0.05) is 13.0 Å². The molecule has 4 atom stereocenters. The van der Waals surface area contributed by atoms with Gasteiger partial charge in [0.15, 0.2) is 0 Å². The van der Waals surface area contributed by atoms with Gasteiger partial charge in [0.05, 0.1) is 53.7 Å². The molecule has 0 aromatic rings. The van der Waals surface area contributed by atoms with Gasteiger partial charge >= 0.3 is 0 Å². The average Bonchev–Trinajstić information content (AvgIpc) is 2.39. The molecule has 2 heteroatoms. The Morgan fingerprint density at radius 1 is 1.12 bits per heavy atom. The first-order valence-electron chi connectivity index (χ1n) is 6.58. The molecule has 4 aliphatic rings. The fourth-order valence-electron chi connectivity index (χ4n) is 4.97. The second-order valence-corrected chi connectivity index (χ2v) is 7.86. The zero-order valence-corrected chi connectivity index (χ0v) is 11.4. The highest BCUT2D eigenvalue weighted by Gasteiger charge is 2.62. The maximum atomic E-state index is 2.54. The zero-order valence-electron chi connectivity index (χ0n) is 11.4. The van der Waals surface area contributed by atoms with Crippen molar-refractivity contribution in [2.45, 2.75) is 13.0 Å². The fraction of sp³-hybridized carbons (Fsp3) is 0.857. The van der Waals surface area contributed by atoms with E-state index in [0.717, 1.165) is 17.9 Å². The molecule has 2 fully saturated rings. The molecule has 4 rings (SSSR count). The summed E-state index contributed by atoms with van der Waals surface area (Å²) in [5.74, 6) is 1.83. The van der Waals surface area contributed by atoms with Crippen molar-refractivity contribution in [3.05, 3.63) is 12.2 Å². The lowest BCUT2D eigenvalue weighted by Crippen LogP contribution is -2.66. The summed E-state index contributed by atoms with van der Waals surface area (Å²) >= 11 is 0. The predicted octanol–water partition coefficient (Wildman–Crippen LogP) is 1.34. The molecule has 2 saturated heterocycles. The van der Waals surface area contributed by atoms with E-state index in [1.807, 2.05) is 0 Å². The molecule has 0 radical (unpaired) electrons. The van der Waals surface area contributed by atoms with Gasteiger partial charge < -0.3 is 8.97 Å². The van der Waals surface area contributed by atoms with Crippen LogP contribution >= 0.6 is 0 Å². The number of likely N-dealkylation sites (tertiary alicyclic amines) is 1. The summed E-state index contributed by atoms with van der Waals surface area (Å²) in [5.41, 5.74) is 0.453. The molecule has 0 N–H and O–H groups in total. The van der Waals surface area contributed by atoms with E-state index >= 15 is 0 Å². The molecule has 0 amide bonds. The molecular formula is C14H26N2+2. The van der Waals surface area contributed by atoms with E-state index in [2.05, 4.69) is 47.3 Å². The Morgan fingerprint density at radius 2 is 1.81 bits per heavy atom. The molecule has 0 saturated carbocycles. The molecule has 2 bridgehead atoms. The van der Waals surface area contributed by atoms with Crippen LogP contribution in [0.25, 0.3) is 0 Å². The van der Waals surface area contributed by atoms with Crippen molar-refractivity contribution in [1.29, 1.82) is 0 Å². The minimum absolute atomic E-state index is 0.453. The van der Waals surface area contributed by atoms with Crippen molar-refractivity contribution in [1.82, 2.24) is 0 Å². The van der Waals surface area contributed by atoms with Crippen molar-refractivity contribution >= 4 is 0 Å². The standard InChI is InChI=1S/C14H26N2/c1-14-7-6-13(16(4,5)10-14)11-8-15(2,3)9-12(11)14/h6-7,11-13H,8-10H2,1-5H3/q+2. The smallest absolute Gasteiger partial charge is 0.116 e. The summed E-state index contributed by atoms with van der Waals surface area (Å²) in [4.78, 5) is 0. The maximum Gasteiger partial charge on any atom is 0.116 e. The number of hydrogen-bond acceptors (Lipinski definition) is 0. The number of likely N-dealkylation sites (N-methyl/N-ethyl adjacent to an activating group) is 1. The molecule has 4 unspecified atom stereocenters. The summed E-state index contributed by atoms with van der Waals surface area (Å²) in [5, 5.41) is 0. The third-order valence-electron chi connectivity index (χ3n) is 5.43. The Balaban J connectivity index is 2.04. The third kappa shape index (κ3) is 1.26. The van der Waals surface area contributed by atoms with Gasteiger partial charge in [0, 0.05) is 11.3 Å². The second kappa shape index (κ2) is 2.73. The topological polar surface area (TPSA) is 0 Å². The molecule has 90 valence electrons. The van der Waals surface area contributed by atoms with E-state index in [4.69, 9.17) is 0 Å². The molecule has 16 heavy (non-hydrogen) atoms. The van der Waals surface area contributed by atoms with Gasteiger partial charge in [0.2, 0.25) is 0 Å². The second-order valence-electron chi connectivity index (χ2n) is 7.86. The van der Waals surface area contributed by atoms with E-state index < -0.39 is 0 Å². The Labute approximate surface area is 99.7 Å². The maximum absolute atomic E-state index is 2.54. The molecule has 3 heterocycles. The van der Waals surface area contributed by atoms with E-state index in [9.17, 15) is 0 Å². The summed E-state index contributed by atoms with van der Waals surface area (Å²) in [6.07, 6.45) is 5.06. The quantitative estimate of drug-likeness (QED) is 0.429. The van der Waals surface area contributed by atoms with Crippen LogP contribution in [0.15, 0.2) is 12.2 Å². The molecule has 1 aliphatic carbocycles.